The van der Waals surface area contributed by atoms with Crippen molar-refractivity contribution >= 4 is 11.6 Å². The molecule has 27 heavy (non-hydrogen) atoms. The minimum absolute atomic E-state index is 0.0178. The Morgan fingerprint density at radius 3 is 2.41 bits per heavy atom. The van der Waals surface area contributed by atoms with E-state index in [1.165, 1.54) is 0 Å². The molecule has 1 aromatic heterocycles. The fourth-order valence-electron chi connectivity index (χ4n) is 2.89. The van der Waals surface area contributed by atoms with Crippen LogP contribution in [0.1, 0.15) is 11.1 Å². The highest BCUT2D eigenvalue weighted by Crippen LogP contribution is 2.37. The summed E-state index contributed by atoms with van der Waals surface area (Å²) in [6.07, 6.45) is -0.956. The van der Waals surface area contributed by atoms with Crippen LogP contribution in [-0.2, 0) is 4.74 Å². The van der Waals surface area contributed by atoms with Crippen LogP contribution < -0.4 is 15.4 Å². The second-order valence-electron chi connectivity index (χ2n) is 6.04. The number of aromatic nitrogens is 1. The maximum Gasteiger partial charge on any atom is 0.149 e. The first-order valence-electron chi connectivity index (χ1n) is 8.33. The van der Waals surface area contributed by atoms with Gasteiger partial charge in [0, 0.05) is 12.7 Å². The highest BCUT2D eigenvalue weighted by Gasteiger charge is 2.32. The van der Waals surface area contributed by atoms with Gasteiger partial charge in [0.25, 0.3) is 0 Å². The fourth-order valence-corrected chi connectivity index (χ4v) is 2.89. The topological polar surface area (TPSA) is 108 Å². The molecule has 0 unspecified atom stereocenters. The van der Waals surface area contributed by atoms with E-state index in [1.807, 2.05) is 6.07 Å². The Balaban J connectivity index is 2.03. The van der Waals surface area contributed by atoms with Gasteiger partial charge in [0.05, 0.1) is 19.7 Å². The third kappa shape index (κ3) is 3.62. The molecule has 0 aliphatic carbocycles. The molecular weight excluding hydrogens is 349 g/mol. The van der Waals surface area contributed by atoms with Crippen LogP contribution in [0, 0.1) is 22.7 Å². The molecule has 1 aromatic carbocycles. The maximum atomic E-state index is 13.3. The summed E-state index contributed by atoms with van der Waals surface area (Å²) >= 11 is 0. The minimum atomic E-state index is -0.956. The molecule has 2 N–H and O–H groups in total. The lowest BCUT2D eigenvalue weighted by molar-refractivity contribution is 0.146. The molecule has 0 amide bonds. The molecule has 0 spiro atoms. The molecule has 2 heterocycles. The van der Waals surface area contributed by atoms with Crippen LogP contribution in [0.4, 0.5) is 16.0 Å². The number of halogens is 1. The summed E-state index contributed by atoms with van der Waals surface area (Å²) in [4.78, 5) is 5.82. The van der Waals surface area contributed by atoms with Gasteiger partial charge in [-0.1, -0.05) is 12.1 Å². The number of benzene rings is 1. The SMILES string of the molecule is COCCOc1ccc(-c2c(C#N)c(N)nc(N3CC(F)C3)c2C#N)cc1. The Hall–Kier alpha value is -3.36. The number of hydrogen-bond acceptors (Lipinski definition) is 7. The standard InChI is InChI=1S/C19H18FN5O2/c1-26-6-7-27-14-4-2-12(3-5-14)17-15(8-21)18(23)24-19(16(17)9-22)25-10-13(20)11-25/h2-5,13H,6-7,10-11H2,1H3,(H2,23,24). The Morgan fingerprint density at radius 2 is 1.85 bits per heavy atom. The van der Waals surface area contributed by atoms with E-state index in [0.29, 0.717) is 35.9 Å². The molecule has 2 aromatic rings. The first-order valence-corrected chi connectivity index (χ1v) is 8.33. The van der Waals surface area contributed by atoms with Crippen LogP contribution in [0.15, 0.2) is 24.3 Å². The van der Waals surface area contributed by atoms with Gasteiger partial charge in [0.2, 0.25) is 0 Å². The molecule has 3 rings (SSSR count). The van der Waals surface area contributed by atoms with E-state index >= 15 is 0 Å². The lowest BCUT2D eigenvalue weighted by Gasteiger charge is -2.36. The number of anilines is 2. The molecule has 8 heteroatoms. The average molecular weight is 367 g/mol. The van der Waals surface area contributed by atoms with Crippen molar-refractivity contribution in [2.75, 3.05) is 44.0 Å². The molecule has 138 valence electrons. The van der Waals surface area contributed by atoms with Crippen LogP contribution in [0.3, 0.4) is 0 Å². The van der Waals surface area contributed by atoms with Gasteiger partial charge in [-0.2, -0.15) is 10.5 Å². The Morgan fingerprint density at radius 1 is 1.19 bits per heavy atom. The lowest BCUT2D eigenvalue weighted by Crippen LogP contribution is -2.49. The van der Waals surface area contributed by atoms with Gasteiger partial charge < -0.3 is 20.1 Å². The second-order valence-corrected chi connectivity index (χ2v) is 6.04. The summed E-state index contributed by atoms with van der Waals surface area (Å²) in [7, 11) is 1.59. The van der Waals surface area contributed by atoms with E-state index in [9.17, 15) is 14.9 Å². The van der Waals surface area contributed by atoms with Gasteiger partial charge in [-0.3, -0.25) is 0 Å². The molecule has 7 nitrogen and oxygen atoms in total. The highest BCUT2D eigenvalue weighted by atomic mass is 19.1. The Labute approximate surface area is 156 Å². The van der Waals surface area contributed by atoms with Crippen LogP contribution >= 0.6 is 0 Å². The zero-order valence-electron chi connectivity index (χ0n) is 14.8. The average Bonchev–Trinajstić information content (AvgIpc) is 2.65. The lowest BCUT2D eigenvalue weighted by atomic mass is 9.95. The summed E-state index contributed by atoms with van der Waals surface area (Å²) in [6, 6.07) is 11.1. The molecule has 0 atom stereocenters. The number of nitrogens with zero attached hydrogens (tertiary/aromatic N) is 4. The molecule has 1 saturated heterocycles. The number of hydrogen-bond donors (Lipinski definition) is 1. The van der Waals surface area contributed by atoms with Gasteiger partial charge in [-0.25, -0.2) is 9.37 Å². The molecule has 1 aliphatic rings. The molecule has 0 saturated carbocycles. The van der Waals surface area contributed by atoms with E-state index in [-0.39, 0.29) is 30.0 Å². The number of alkyl halides is 1. The molecule has 0 bridgehead atoms. The van der Waals surface area contributed by atoms with Crippen LogP contribution in [0.2, 0.25) is 0 Å². The normalized spacial score (nSPS) is 13.6. The minimum Gasteiger partial charge on any atom is -0.491 e. The predicted octanol–water partition coefficient (Wildman–Crippen LogP) is 2.26. The van der Waals surface area contributed by atoms with E-state index in [0.717, 1.165) is 0 Å². The summed E-state index contributed by atoms with van der Waals surface area (Å²) in [5, 5.41) is 19.2. The van der Waals surface area contributed by atoms with Crippen molar-refractivity contribution in [1.82, 2.24) is 4.98 Å². The molecule has 1 fully saturated rings. The zero-order valence-corrected chi connectivity index (χ0v) is 14.8. The van der Waals surface area contributed by atoms with Gasteiger partial charge >= 0.3 is 0 Å². The Bertz CT molecular complexity index is 912. The monoisotopic (exact) mass is 367 g/mol. The van der Waals surface area contributed by atoms with Crippen molar-refractivity contribution in [3.63, 3.8) is 0 Å². The summed E-state index contributed by atoms with van der Waals surface area (Å²) in [5.41, 5.74) is 7.32. The quantitative estimate of drug-likeness (QED) is 0.780. The van der Waals surface area contributed by atoms with Crippen molar-refractivity contribution in [2.24, 2.45) is 0 Å². The van der Waals surface area contributed by atoms with Crippen LogP contribution in [-0.4, -0.2) is 44.6 Å². The van der Waals surface area contributed by atoms with E-state index < -0.39 is 6.17 Å². The molecule has 1 aliphatic heterocycles. The number of methoxy groups -OCH3 is 1. The number of nitrogen functional groups attached to an aromatic ring is 1. The summed E-state index contributed by atoms with van der Waals surface area (Å²) in [6.45, 7) is 1.18. The van der Waals surface area contributed by atoms with Gasteiger partial charge in [0.1, 0.15) is 53.4 Å². The fraction of sp³-hybridized carbons (Fsp3) is 0.316. The van der Waals surface area contributed by atoms with Crippen molar-refractivity contribution < 1.29 is 13.9 Å². The first-order chi connectivity index (χ1) is 13.1. The van der Waals surface area contributed by atoms with E-state index in [2.05, 4.69) is 11.1 Å². The van der Waals surface area contributed by atoms with Crippen LogP contribution in [0.5, 0.6) is 5.75 Å². The Kier molecular flexibility index (Phi) is 5.39. The number of rotatable bonds is 6. The van der Waals surface area contributed by atoms with Crippen molar-refractivity contribution in [3.8, 4) is 29.0 Å². The molecule has 0 radical (unpaired) electrons. The zero-order chi connectivity index (χ0) is 19.4. The van der Waals surface area contributed by atoms with Crippen molar-refractivity contribution in [2.45, 2.75) is 6.17 Å². The second kappa shape index (κ2) is 7.90. The summed E-state index contributed by atoms with van der Waals surface area (Å²) in [5.74, 6) is 0.959. The van der Waals surface area contributed by atoms with Crippen molar-refractivity contribution in [1.29, 1.82) is 10.5 Å². The van der Waals surface area contributed by atoms with Crippen molar-refractivity contribution in [3.05, 3.63) is 35.4 Å². The van der Waals surface area contributed by atoms with Crippen LogP contribution in [0.25, 0.3) is 11.1 Å². The first kappa shape index (κ1) is 18.4. The number of ether oxygens (including phenoxy) is 2. The van der Waals surface area contributed by atoms with Gasteiger partial charge in [0.15, 0.2) is 0 Å². The third-order valence-corrected chi connectivity index (χ3v) is 4.27. The predicted molar refractivity (Wildman–Crippen MR) is 98.0 cm³/mol. The smallest absolute Gasteiger partial charge is 0.149 e. The number of nitriles is 2. The van der Waals surface area contributed by atoms with Gasteiger partial charge in [-0.05, 0) is 17.7 Å². The van der Waals surface area contributed by atoms with E-state index in [1.54, 1.807) is 36.3 Å². The number of pyridine rings is 1. The molecular formula is C19H18FN5O2. The largest absolute Gasteiger partial charge is 0.491 e. The van der Waals surface area contributed by atoms with Gasteiger partial charge in [-0.15, -0.1) is 0 Å². The highest BCUT2D eigenvalue weighted by molar-refractivity contribution is 5.85. The maximum absolute atomic E-state index is 13.3. The van der Waals surface area contributed by atoms with E-state index in [4.69, 9.17) is 15.2 Å². The third-order valence-electron chi connectivity index (χ3n) is 4.27. The number of nitrogens with two attached hydrogens (primary N) is 1. The summed E-state index contributed by atoms with van der Waals surface area (Å²) < 4.78 is 23.7.